The summed E-state index contributed by atoms with van der Waals surface area (Å²) in [4.78, 5) is 26.5. The number of nitrogens with one attached hydrogen (secondary N) is 1. The first-order valence-electron chi connectivity index (χ1n) is 11.2. The lowest BCUT2D eigenvalue weighted by Crippen LogP contribution is -2.39. The number of carbonyl (C=O) groups is 1. The van der Waals surface area contributed by atoms with Crippen molar-refractivity contribution in [2.45, 2.75) is 32.2 Å². The number of anilines is 2. The van der Waals surface area contributed by atoms with Gasteiger partial charge in [-0.2, -0.15) is 5.10 Å². The quantitative estimate of drug-likeness (QED) is 0.611. The Morgan fingerprint density at radius 2 is 2.09 bits per heavy atom. The smallest absolute Gasteiger partial charge is 0.256 e. The van der Waals surface area contributed by atoms with E-state index < -0.39 is 0 Å². The van der Waals surface area contributed by atoms with E-state index >= 15 is 0 Å². The first kappa shape index (κ1) is 21.5. The highest BCUT2D eigenvalue weighted by molar-refractivity contribution is 6.31. The average Bonchev–Trinajstić information content (AvgIpc) is 3.43. The highest BCUT2D eigenvalue weighted by Crippen LogP contribution is 2.34. The summed E-state index contributed by atoms with van der Waals surface area (Å²) in [7, 11) is 1.80. The number of nitrogens with two attached hydrogens (primary N) is 1. The van der Waals surface area contributed by atoms with Gasteiger partial charge < -0.3 is 16.0 Å². The Hall–Kier alpha value is -3.33. The molecule has 2 aliphatic heterocycles. The van der Waals surface area contributed by atoms with Crippen molar-refractivity contribution in [3.8, 4) is 0 Å². The third-order valence-electron chi connectivity index (χ3n) is 6.34. The van der Waals surface area contributed by atoms with Gasteiger partial charge in [-0.05, 0) is 44.4 Å². The van der Waals surface area contributed by atoms with Crippen LogP contribution in [0.15, 0.2) is 35.5 Å². The summed E-state index contributed by atoms with van der Waals surface area (Å²) in [6.45, 7) is 4.05. The summed E-state index contributed by atoms with van der Waals surface area (Å²) in [5, 5.41) is 8.45. The van der Waals surface area contributed by atoms with Crippen LogP contribution in [0.1, 0.15) is 46.9 Å². The fourth-order valence-corrected chi connectivity index (χ4v) is 4.85. The number of likely N-dealkylation sites (tertiary alicyclic amines) is 1. The highest BCUT2D eigenvalue weighted by atomic mass is 35.5. The molecule has 0 bridgehead atoms. The van der Waals surface area contributed by atoms with Gasteiger partial charge in [0.1, 0.15) is 5.82 Å². The van der Waals surface area contributed by atoms with Crippen LogP contribution >= 0.6 is 11.6 Å². The second-order valence-corrected chi connectivity index (χ2v) is 8.90. The van der Waals surface area contributed by atoms with Crippen LogP contribution in [0.25, 0.3) is 5.65 Å². The van der Waals surface area contributed by atoms with Crippen LogP contribution in [0.2, 0.25) is 5.02 Å². The van der Waals surface area contributed by atoms with Gasteiger partial charge in [0.2, 0.25) is 0 Å². The zero-order valence-electron chi connectivity index (χ0n) is 18.8. The molecule has 1 aromatic carbocycles. The first-order valence-corrected chi connectivity index (χ1v) is 11.6. The van der Waals surface area contributed by atoms with Crippen LogP contribution in [0, 0.1) is 6.92 Å². The van der Waals surface area contributed by atoms with Gasteiger partial charge >= 0.3 is 0 Å². The zero-order chi connectivity index (χ0) is 23.1. The van der Waals surface area contributed by atoms with Crippen LogP contribution in [-0.2, 0) is 0 Å². The minimum atomic E-state index is -0.126. The highest BCUT2D eigenvalue weighted by Gasteiger charge is 2.32. The summed E-state index contributed by atoms with van der Waals surface area (Å²) < 4.78 is 1.78. The maximum Gasteiger partial charge on any atom is 0.256 e. The number of halogens is 1. The first-order chi connectivity index (χ1) is 16.0. The molecule has 3 N–H and O–H groups in total. The predicted molar refractivity (Wildman–Crippen MR) is 130 cm³/mol. The summed E-state index contributed by atoms with van der Waals surface area (Å²) in [5.74, 6) is 1.23. The molecule has 33 heavy (non-hydrogen) atoms. The molecule has 4 heterocycles. The third-order valence-corrected chi connectivity index (χ3v) is 6.58. The number of rotatable bonds is 4. The van der Waals surface area contributed by atoms with Crippen molar-refractivity contribution in [3.05, 3.63) is 52.3 Å². The van der Waals surface area contributed by atoms with Crippen molar-refractivity contribution in [2.75, 3.05) is 36.9 Å². The topological polar surface area (TPSA) is 104 Å². The third kappa shape index (κ3) is 3.86. The summed E-state index contributed by atoms with van der Waals surface area (Å²) in [6.07, 6.45) is 4.80. The van der Waals surface area contributed by atoms with E-state index in [1.165, 1.54) is 0 Å². The number of aryl methyl sites for hydroxylation is 1. The molecule has 5 rings (SSSR count). The lowest BCUT2D eigenvalue weighted by molar-refractivity contribution is 0.0606. The van der Waals surface area contributed by atoms with E-state index in [0.29, 0.717) is 29.6 Å². The van der Waals surface area contributed by atoms with Crippen LogP contribution in [-0.4, -0.2) is 58.0 Å². The van der Waals surface area contributed by atoms with Gasteiger partial charge in [0.15, 0.2) is 11.6 Å². The molecule has 0 radical (unpaired) electrons. The molecule has 0 aliphatic carbocycles. The number of benzene rings is 1. The summed E-state index contributed by atoms with van der Waals surface area (Å²) in [5.41, 5.74) is 9.90. The van der Waals surface area contributed by atoms with Crippen molar-refractivity contribution in [1.29, 1.82) is 0 Å². The number of piperidine rings is 1. The van der Waals surface area contributed by atoms with E-state index in [0.717, 1.165) is 54.2 Å². The van der Waals surface area contributed by atoms with Crippen molar-refractivity contribution in [3.63, 3.8) is 0 Å². The molecular weight excluding hydrogens is 440 g/mol. The molecule has 1 saturated heterocycles. The van der Waals surface area contributed by atoms with Gasteiger partial charge in [-0.1, -0.05) is 11.6 Å². The van der Waals surface area contributed by atoms with Crippen molar-refractivity contribution >= 4 is 40.6 Å². The number of hydrogen-bond acceptors (Lipinski definition) is 7. The van der Waals surface area contributed by atoms with Gasteiger partial charge in [0.25, 0.3) is 5.91 Å². The molecule has 10 heteroatoms. The molecular formula is C23H27ClN8O. The van der Waals surface area contributed by atoms with Crippen LogP contribution in [0.3, 0.4) is 0 Å². The Labute approximate surface area is 197 Å². The number of aliphatic imine (C=N–C) groups is 1. The number of fused-ring (bicyclic) bond motifs is 1. The molecule has 172 valence electrons. The Kier molecular flexibility index (Phi) is 5.57. The second-order valence-electron chi connectivity index (χ2n) is 8.46. The lowest BCUT2D eigenvalue weighted by atomic mass is 9.98. The van der Waals surface area contributed by atoms with E-state index in [4.69, 9.17) is 27.4 Å². The number of carbonyl (C=O) groups excluding carboxylic acids is 1. The Morgan fingerprint density at radius 3 is 2.85 bits per heavy atom. The monoisotopic (exact) mass is 466 g/mol. The fourth-order valence-electron chi connectivity index (χ4n) is 4.68. The van der Waals surface area contributed by atoms with Crippen LogP contribution in [0.5, 0.6) is 0 Å². The number of nitrogens with zero attached hydrogens (tertiary/aromatic N) is 6. The molecule has 1 fully saturated rings. The van der Waals surface area contributed by atoms with Gasteiger partial charge in [-0.25, -0.2) is 9.50 Å². The average molecular weight is 467 g/mol. The standard InChI is InChI=1S/C23H27ClN8O/c1-14-13-32-20(28-21(14)31-10-8-27-23(31)25)12-18(29-32)19-5-3-4-9-30(19)22(33)16-11-15(24)6-7-17(16)26-2/h6-7,11-13,19,26H,3-5,8-10H2,1-2H3,(H2,25,27)/t19-/m0/s1. The largest absolute Gasteiger partial charge is 0.387 e. The van der Waals surface area contributed by atoms with E-state index in [2.05, 4.69) is 10.3 Å². The summed E-state index contributed by atoms with van der Waals surface area (Å²) >= 11 is 6.21. The number of hydrogen-bond donors (Lipinski definition) is 2. The molecule has 0 spiro atoms. The van der Waals surface area contributed by atoms with Crippen molar-refractivity contribution < 1.29 is 4.79 Å². The maximum absolute atomic E-state index is 13.6. The van der Waals surface area contributed by atoms with E-state index in [1.54, 1.807) is 23.7 Å². The molecule has 0 unspecified atom stereocenters. The lowest BCUT2D eigenvalue weighted by Gasteiger charge is -2.35. The van der Waals surface area contributed by atoms with Crippen molar-refractivity contribution in [1.82, 2.24) is 19.5 Å². The second kappa shape index (κ2) is 8.55. The minimum absolute atomic E-state index is 0.0468. The Balaban J connectivity index is 1.50. The molecule has 2 aliphatic rings. The SMILES string of the molecule is CNc1ccc(Cl)cc1C(=O)N1CCCC[C@H]1c1cc2nc(N3CCN=C3N)c(C)cn2n1. The number of amides is 1. The summed E-state index contributed by atoms with van der Waals surface area (Å²) in [6, 6.07) is 7.19. The zero-order valence-corrected chi connectivity index (χ0v) is 19.5. The van der Waals surface area contributed by atoms with E-state index in [-0.39, 0.29) is 11.9 Å². The Bertz CT molecular complexity index is 1250. The molecule has 0 saturated carbocycles. The number of aromatic nitrogens is 3. The van der Waals surface area contributed by atoms with Gasteiger partial charge in [-0.15, -0.1) is 0 Å². The van der Waals surface area contributed by atoms with Gasteiger partial charge in [0.05, 0.1) is 23.8 Å². The van der Waals surface area contributed by atoms with E-state index in [9.17, 15) is 4.79 Å². The molecule has 3 aromatic rings. The van der Waals surface area contributed by atoms with Crippen LogP contribution < -0.4 is 16.0 Å². The van der Waals surface area contributed by atoms with Crippen LogP contribution in [0.4, 0.5) is 11.5 Å². The fraction of sp³-hybridized carbons (Fsp3) is 0.391. The normalized spacial score (nSPS) is 18.6. The predicted octanol–water partition coefficient (Wildman–Crippen LogP) is 3.23. The maximum atomic E-state index is 13.6. The molecule has 1 atom stereocenters. The van der Waals surface area contributed by atoms with Crippen molar-refractivity contribution in [2.24, 2.45) is 10.7 Å². The molecule has 2 aromatic heterocycles. The van der Waals surface area contributed by atoms with E-state index in [1.807, 2.05) is 35.1 Å². The number of guanidine groups is 1. The molecule has 9 nitrogen and oxygen atoms in total. The minimum Gasteiger partial charge on any atom is -0.387 e. The Morgan fingerprint density at radius 1 is 1.24 bits per heavy atom. The van der Waals surface area contributed by atoms with Gasteiger partial charge in [-0.3, -0.25) is 14.7 Å². The molecule has 1 amide bonds. The van der Waals surface area contributed by atoms with Gasteiger partial charge in [0, 0.05) is 48.7 Å².